The monoisotopic (exact) mass is 446 g/mol. The molecule has 1 unspecified atom stereocenters. The van der Waals surface area contributed by atoms with Gasteiger partial charge in [-0.1, -0.05) is 16.8 Å². The van der Waals surface area contributed by atoms with Crippen molar-refractivity contribution in [1.82, 2.24) is 10.1 Å². The zero-order chi connectivity index (χ0) is 22.1. The van der Waals surface area contributed by atoms with Gasteiger partial charge in [-0.15, -0.1) is 0 Å². The number of carboxylic acid groups (broad SMARTS) is 1. The molecule has 10 heteroatoms. The van der Waals surface area contributed by atoms with E-state index in [1.54, 1.807) is 0 Å². The topological polar surface area (TPSA) is 94.3 Å². The fourth-order valence-corrected chi connectivity index (χ4v) is 4.54. The fraction of sp³-hybridized carbons (Fsp3) is 0.524. The number of ether oxygens (including phenoxy) is 1. The SMILES string of the molecule is CC1(C)OB(c2cc(Cl)cc3c2OC(c2onc4c2CN(C(=O)O)CC4)C3)OC1(C)C. The second-order valence-corrected chi connectivity index (χ2v) is 9.74. The van der Waals surface area contributed by atoms with Gasteiger partial charge in [-0.2, -0.15) is 0 Å². The van der Waals surface area contributed by atoms with Crippen molar-refractivity contribution in [2.45, 2.75) is 64.4 Å². The first-order valence-corrected chi connectivity index (χ1v) is 10.7. The van der Waals surface area contributed by atoms with E-state index in [2.05, 4.69) is 5.16 Å². The van der Waals surface area contributed by atoms with E-state index in [1.165, 1.54) is 4.90 Å². The summed E-state index contributed by atoms with van der Waals surface area (Å²) in [5, 5.41) is 14.1. The molecule has 1 aromatic heterocycles. The molecule has 31 heavy (non-hydrogen) atoms. The van der Waals surface area contributed by atoms with E-state index in [9.17, 15) is 9.90 Å². The molecule has 1 atom stereocenters. The zero-order valence-corrected chi connectivity index (χ0v) is 18.7. The van der Waals surface area contributed by atoms with Gasteiger partial charge in [0.15, 0.2) is 11.9 Å². The molecule has 1 N–H and O–H groups in total. The Labute approximate surface area is 185 Å². The van der Waals surface area contributed by atoms with Crippen molar-refractivity contribution in [3.63, 3.8) is 0 Å². The molecule has 5 rings (SSSR count). The Morgan fingerprint density at radius 1 is 1.26 bits per heavy atom. The fourth-order valence-electron chi connectivity index (χ4n) is 4.29. The smallest absolute Gasteiger partial charge is 0.482 e. The van der Waals surface area contributed by atoms with E-state index in [4.69, 9.17) is 30.2 Å². The number of hydrogen-bond donors (Lipinski definition) is 1. The van der Waals surface area contributed by atoms with Crippen molar-refractivity contribution in [2.75, 3.05) is 6.54 Å². The second kappa shape index (κ2) is 6.89. The standard InChI is InChI=1S/C21H24BClN2O6/c1-20(2)21(3,4)31-22(30-20)14-9-12(23)7-11-8-16(28-17(11)14)18-13-10-25(19(26)27)6-5-15(13)24-29-18/h7,9,16H,5-6,8,10H2,1-4H3,(H,26,27). The largest absolute Gasteiger partial charge is 0.498 e. The zero-order valence-electron chi connectivity index (χ0n) is 17.9. The maximum Gasteiger partial charge on any atom is 0.498 e. The number of fused-ring (bicyclic) bond motifs is 2. The second-order valence-electron chi connectivity index (χ2n) is 9.31. The van der Waals surface area contributed by atoms with Gasteiger partial charge in [-0.25, -0.2) is 4.79 Å². The summed E-state index contributed by atoms with van der Waals surface area (Å²) in [6, 6.07) is 3.69. The van der Waals surface area contributed by atoms with E-state index in [1.807, 2.05) is 39.8 Å². The van der Waals surface area contributed by atoms with E-state index in [-0.39, 0.29) is 6.54 Å². The number of benzene rings is 1. The number of halogens is 1. The number of hydrogen-bond acceptors (Lipinski definition) is 6. The average Bonchev–Trinajstić information content (AvgIpc) is 3.34. The van der Waals surface area contributed by atoms with Crippen LogP contribution in [0.2, 0.25) is 5.02 Å². The Balaban J connectivity index is 1.46. The molecule has 0 spiro atoms. The molecule has 0 aliphatic carbocycles. The third kappa shape index (κ3) is 3.30. The molecule has 0 bridgehead atoms. The number of carbonyl (C=O) groups is 1. The Morgan fingerprint density at radius 3 is 2.65 bits per heavy atom. The number of nitrogens with zero attached hydrogens (tertiary/aromatic N) is 2. The number of rotatable bonds is 2. The predicted octanol–water partition coefficient (Wildman–Crippen LogP) is 3.34. The van der Waals surface area contributed by atoms with Crippen LogP contribution < -0.4 is 10.2 Å². The molecule has 4 heterocycles. The van der Waals surface area contributed by atoms with E-state index in [0.717, 1.165) is 22.3 Å². The van der Waals surface area contributed by atoms with Crippen LogP contribution in [0.15, 0.2) is 16.7 Å². The van der Waals surface area contributed by atoms with Crippen molar-refractivity contribution >= 4 is 30.3 Å². The summed E-state index contributed by atoms with van der Waals surface area (Å²) >= 11 is 6.42. The first-order valence-electron chi connectivity index (χ1n) is 10.4. The minimum atomic E-state index is -0.955. The van der Waals surface area contributed by atoms with Crippen molar-refractivity contribution in [1.29, 1.82) is 0 Å². The van der Waals surface area contributed by atoms with Crippen LogP contribution in [0.3, 0.4) is 0 Å². The summed E-state index contributed by atoms with van der Waals surface area (Å²) < 4.78 is 24.4. The third-order valence-corrected chi connectivity index (χ3v) is 6.98. The normalized spacial score (nSPS) is 23.5. The average molecular weight is 447 g/mol. The molecule has 2 aromatic rings. The molecule has 164 valence electrons. The Kier molecular flexibility index (Phi) is 4.59. The van der Waals surface area contributed by atoms with E-state index in [0.29, 0.717) is 35.9 Å². The van der Waals surface area contributed by atoms with Crippen molar-refractivity contribution in [3.8, 4) is 5.75 Å². The van der Waals surface area contributed by atoms with Crippen LogP contribution in [-0.2, 0) is 28.7 Å². The van der Waals surface area contributed by atoms with E-state index >= 15 is 0 Å². The summed E-state index contributed by atoms with van der Waals surface area (Å²) in [6.07, 6.45) is -0.310. The Hall–Kier alpha value is -2.23. The molecule has 1 aromatic carbocycles. The first-order chi connectivity index (χ1) is 14.6. The van der Waals surface area contributed by atoms with Gasteiger partial charge in [0.2, 0.25) is 0 Å². The molecule has 0 saturated carbocycles. The van der Waals surface area contributed by atoms with Gasteiger partial charge in [0, 0.05) is 35.4 Å². The maximum absolute atomic E-state index is 11.4. The molecular formula is C21H24BClN2O6. The van der Waals surface area contributed by atoms with Crippen LogP contribution >= 0.6 is 11.6 Å². The van der Waals surface area contributed by atoms with Crippen LogP contribution in [0, 0.1) is 0 Å². The summed E-state index contributed by atoms with van der Waals surface area (Å²) in [5.41, 5.74) is 2.26. The molecule has 3 aliphatic heterocycles. The number of amides is 1. The molecule has 8 nitrogen and oxygen atoms in total. The third-order valence-electron chi connectivity index (χ3n) is 6.76. The van der Waals surface area contributed by atoms with Crippen molar-refractivity contribution < 1.29 is 28.5 Å². The quantitative estimate of drug-likeness (QED) is 0.707. The minimum Gasteiger partial charge on any atom is -0.482 e. The van der Waals surface area contributed by atoms with Crippen LogP contribution in [0.5, 0.6) is 5.75 Å². The molecular weight excluding hydrogens is 423 g/mol. The summed E-state index contributed by atoms with van der Waals surface area (Å²) in [4.78, 5) is 12.8. The lowest BCUT2D eigenvalue weighted by Gasteiger charge is -2.32. The molecule has 1 fully saturated rings. The first kappa shape index (κ1) is 20.7. The van der Waals surface area contributed by atoms with Crippen LogP contribution in [-0.4, -0.2) is 46.1 Å². The van der Waals surface area contributed by atoms with Crippen LogP contribution in [0.1, 0.15) is 56.4 Å². The highest BCUT2D eigenvalue weighted by Gasteiger charge is 2.53. The van der Waals surface area contributed by atoms with Gasteiger partial charge in [-0.05, 0) is 45.4 Å². The van der Waals surface area contributed by atoms with Crippen LogP contribution in [0.25, 0.3) is 0 Å². The van der Waals surface area contributed by atoms with Crippen molar-refractivity contribution in [3.05, 3.63) is 39.7 Å². The van der Waals surface area contributed by atoms with Gasteiger partial charge < -0.3 is 28.6 Å². The molecule has 1 amide bonds. The Morgan fingerprint density at radius 2 is 1.97 bits per heavy atom. The lowest BCUT2D eigenvalue weighted by atomic mass is 9.77. The number of aromatic nitrogens is 1. The maximum atomic E-state index is 11.4. The summed E-state index contributed by atoms with van der Waals surface area (Å²) in [6.45, 7) is 8.63. The summed E-state index contributed by atoms with van der Waals surface area (Å²) in [5.74, 6) is 1.23. The highest BCUT2D eigenvalue weighted by atomic mass is 35.5. The van der Waals surface area contributed by atoms with Crippen LogP contribution in [0.4, 0.5) is 4.79 Å². The molecule has 1 saturated heterocycles. The van der Waals surface area contributed by atoms with Gasteiger partial charge in [-0.3, -0.25) is 0 Å². The minimum absolute atomic E-state index is 0.241. The van der Waals surface area contributed by atoms with Crippen molar-refractivity contribution in [2.24, 2.45) is 0 Å². The van der Waals surface area contributed by atoms with Gasteiger partial charge in [0.25, 0.3) is 0 Å². The van der Waals surface area contributed by atoms with Gasteiger partial charge >= 0.3 is 13.2 Å². The van der Waals surface area contributed by atoms with E-state index < -0.39 is 30.5 Å². The predicted molar refractivity (Wildman–Crippen MR) is 113 cm³/mol. The summed E-state index contributed by atoms with van der Waals surface area (Å²) in [7, 11) is -0.609. The van der Waals surface area contributed by atoms with Gasteiger partial charge in [0.05, 0.1) is 23.4 Å². The lowest BCUT2D eigenvalue weighted by Crippen LogP contribution is -2.41. The molecule has 3 aliphatic rings. The highest BCUT2D eigenvalue weighted by Crippen LogP contribution is 2.42. The highest BCUT2D eigenvalue weighted by molar-refractivity contribution is 6.63. The Bertz CT molecular complexity index is 1050. The lowest BCUT2D eigenvalue weighted by molar-refractivity contribution is 0.00578. The van der Waals surface area contributed by atoms with Gasteiger partial charge in [0.1, 0.15) is 5.75 Å². The molecule has 0 radical (unpaired) electrons.